The summed E-state index contributed by atoms with van der Waals surface area (Å²) >= 11 is 0. The van der Waals surface area contributed by atoms with Crippen LogP contribution in [0.5, 0.6) is 0 Å². The first-order chi connectivity index (χ1) is 13.6. The molecule has 1 aromatic rings. The molecule has 1 heterocycles. The Balaban J connectivity index is 2.01. The smallest absolute Gasteiger partial charge is 0.140 e. The number of Topliss-reactive ketones (excluding diaryl/α,β-unsaturated/α-hetero) is 1. The lowest BCUT2D eigenvalue weighted by Crippen LogP contribution is -2.18. The van der Waals surface area contributed by atoms with Gasteiger partial charge >= 0.3 is 0 Å². The van der Waals surface area contributed by atoms with E-state index in [4.69, 9.17) is 4.42 Å². The second-order valence-electron chi connectivity index (χ2n) is 8.58. The van der Waals surface area contributed by atoms with Crippen LogP contribution in [-0.2, 0) is 4.79 Å². The molecule has 148 valence electrons. The van der Waals surface area contributed by atoms with Gasteiger partial charge in [-0.05, 0) is 79.4 Å². The van der Waals surface area contributed by atoms with Crippen LogP contribution in [0.3, 0.4) is 0 Å². The van der Waals surface area contributed by atoms with Gasteiger partial charge in [-0.3, -0.25) is 4.79 Å². The van der Waals surface area contributed by atoms with E-state index in [-0.39, 0.29) is 5.92 Å². The monoisotopic (exact) mass is 376 g/mol. The molecular weight excluding hydrogens is 344 g/mol. The van der Waals surface area contributed by atoms with E-state index in [1.54, 1.807) is 17.4 Å². The van der Waals surface area contributed by atoms with E-state index in [1.165, 1.54) is 40.7 Å². The molecule has 2 unspecified atom stereocenters. The molecule has 28 heavy (non-hydrogen) atoms. The number of furan rings is 1. The zero-order chi connectivity index (χ0) is 19.8. The van der Waals surface area contributed by atoms with Crippen molar-refractivity contribution in [1.82, 2.24) is 0 Å². The van der Waals surface area contributed by atoms with Crippen molar-refractivity contribution in [2.45, 2.75) is 72.6 Å². The van der Waals surface area contributed by atoms with Gasteiger partial charge in [0.1, 0.15) is 11.5 Å². The Morgan fingerprint density at radius 2 is 2.07 bits per heavy atom. The van der Waals surface area contributed by atoms with Crippen molar-refractivity contribution in [2.75, 3.05) is 0 Å². The Morgan fingerprint density at radius 3 is 2.75 bits per heavy atom. The Bertz CT molecular complexity index is 902. The quantitative estimate of drug-likeness (QED) is 0.525. The highest BCUT2D eigenvalue weighted by molar-refractivity contribution is 5.95. The zero-order valence-electron chi connectivity index (χ0n) is 17.7. The molecule has 0 N–H and O–H groups in total. The average molecular weight is 377 g/mol. The number of rotatable bonds is 6. The number of hydrogen-bond donors (Lipinski definition) is 0. The molecular formula is C26H32O2. The van der Waals surface area contributed by atoms with Crippen LogP contribution in [0.15, 0.2) is 62.3 Å². The fourth-order valence-electron chi connectivity index (χ4n) is 5.54. The van der Waals surface area contributed by atoms with Crippen molar-refractivity contribution >= 4 is 11.4 Å². The molecule has 0 aliphatic heterocycles. The zero-order valence-corrected chi connectivity index (χ0v) is 17.7. The molecule has 0 bridgehead atoms. The first-order valence-corrected chi connectivity index (χ1v) is 11.0. The Hall–Kier alpha value is -2.09. The van der Waals surface area contributed by atoms with Gasteiger partial charge in [-0.15, -0.1) is 0 Å². The van der Waals surface area contributed by atoms with E-state index in [0.29, 0.717) is 18.1 Å². The Kier molecular flexibility index (Phi) is 5.31. The average Bonchev–Trinajstić information content (AvgIpc) is 3.39. The Morgan fingerprint density at radius 1 is 1.25 bits per heavy atom. The molecule has 0 amide bonds. The Labute approximate surface area is 169 Å². The maximum absolute atomic E-state index is 13.1. The van der Waals surface area contributed by atoms with E-state index in [9.17, 15) is 4.79 Å². The third kappa shape index (κ3) is 3.07. The van der Waals surface area contributed by atoms with Crippen LogP contribution in [0, 0.1) is 11.8 Å². The molecule has 0 aromatic carbocycles. The minimum absolute atomic E-state index is 0.0450. The number of carbonyl (C=O) groups is 1. The van der Waals surface area contributed by atoms with Crippen molar-refractivity contribution in [3.63, 3.8) is 0 Å². The molecule has 0 saturated heterocycles. The first kappa shape index (κ1) is 19.2. The van der Waals surface area contributed by atoms with Gasteiger partial charge in [0.15, 0.2) is 0 Å². The number of fused-ring (bicyclic) bond motifs is 1. The highest BCUT2D eigenvalue weighted by atomic mass is 16.3. The molecule has 0 radical (unpaired) electrons. The molecule has 0 saturated carbocycles. The molecule has 2 atom stereocenters. The molecule has 4 rings (SSSR count). The third-order valence-electron chi connectivity index (χ3n) is 6.78. The van der Waals surface area contributed by atoms with Gasteiger partial charge in [0.05, 0.1) is 6.26 Å². The maximum atomic E-state index is 13.1. The number of carbonyl (C=O) groups excluding carboxylic acids is 1. The van der Waals surface area contributed by atoms with Crippen molar-refractivity contribution < 1.29 is 9.21 Å². The summed E-state index contributed by atoms with van der Waals surface area (Å²) in [6.07, 6.45) is 11.4. The van der Waals surface area contributed by atoms with E-state index < -0.39 is 0 Å². The fourth-order valence-corrected chi connectivity index (χ4v) is 5.54. The second kappa shape index (κ2) is 7.73. The van der Waals surface area contributed by atoms with Crippen molar-refractivity contribution in [3.8, 4) is 0 Å². The van der Waals surface area contributed by atoms with Crippen LogP contribution < -0.4 is 0 Å². The molecule has 2 heteroatoms. The van der Waals surface area contributed by atoms with E-state index in [2.05, 4.69) is 32.9 Å². The van der Waals surface area contributed by atoms with Gasteiger partial charge in [-0.25, -0.2) is 0 Å². The summed E-state index contributed by atoms with van der Waals surface area (Å²) in [5, 5.41) is 0. The largest absolute Gasteiger partial charge is 0.464 e. The van der Waals surface area contributed by atoms with Gasteiger partial charge in [0.2, 0.25) is 0 Å². The minimum atomic E-state index is -0.0450. The van der Waals surface area contributed by atoms with E-state index in [0.717, 1.165) is 31.4 Å². The predicted molar refractivity (Wildman–Crippen MR) is 115 cm³/mol. The summed E-state index contributed by atoms with van der Waals surface area (Å²) in [5.74, 6) is 1.64. The second-order valence-corrected chi connectivity index (χ2v) is 8.58. The van der Waals surface area contributed by atoms with Gasteiger partial charge in [-0.1, -0.05) is 44.4 Å². The maximum Gasteiger partial charge on any atom is 0.140 e. The van der Waals surface area contributed by atoms with E-state index in [1.807, 2.05) is 13.0 Å². The van der Waals surface area contributed by atoms with Crippen LogP contribution in [-0.4, -0.2) is 5.78 Å². The summed E-state index contributed by atoms with van der Waals surface area (Å²) in [5.41, 5.74) is 9.82. The predicted octanol–water partition coefficient (Wildman–Crippen LogP) is 7.21. The molecule has 0 fully saturated rings. The summed E-state index contributed by atoms with van der Waals surface area (Å²) in [6.45, 7) is 8.69. The number of allylic oxidation sites excluding steroid dienone is 8. The molecule has 1 aromatic heterocycles. The van der Waals surface area contributed by atoms with Crippen LogP contribution in [0.1, 0.15) is 78.4 Å². The first-order valence-electron chi connectivity index (χ1n) is 11.0. The normalized spacial score (nSPS) is 23.0. The minimum Gasteiger partial charge on any atom is -0.464 e. The summed E-state index contributed by atoms with van der Waals surface area (Å²) in [4.78, 5) is 13.1. The van der Waals surface area contributed by atoms with Gasteiger partial charge < -0.3 is 4.42 Å². The lowest BCUT2D eigenvalue weighted by atomic mass is 9.79. The van der Waals surface area contributed by atoms with Crippen molar-refractivity contribution in [1.29, 1.82) is 0 Å². The van der Waals surface area contributed by atoms with Gasteiger partial charge in [-0.2, -0.15) is 0 Å². The highest BCUT2D eigenvalue weighted by Gasteiger charge is 2.37. The molecule has 0 spiro atoms. The molecule has 3 aliphatic rings. The van der Waals surface area contributed by atoms with Crippen LogP contribution in [0.4, 0.5) is 0 Å². The van der Waals surface area contributed by atoms with Crippen LogP contribution in [0.25, 0.3) is 5.57 Å². The standard InChI is InChI=1S/C26H32O2/c1-5-9-20(22(27)6-2)24-17(4)14-16(3)21-15-18-10-7-11-19(18)25(21)26(24)23-12-8-13-28-23/h8,12-14,16,20H,5-7,9-11,15H2,1-4H3. The molecule has 3 aliphatic carbocycles. The highest BCUT2D eigenvalue weighted by Crippen LogP contribution is 2.53. The van der Waals surface area contributed by atoms with Crippen LogP contribution >= 0.6 is 0 Å². The van der Waals surface area contributed by atoms with E-state index >= 15 is 0 Å². The summed E-state index contributed by atoms with van der Waals surface area (Å²) in [6, 6.07) is 4.05. The summed E-state index contributed by atoms with van der Waals surface area (Å²) < 4.78 is 5.99. The van der Waals surface area contributed by atoms with Crippen LogP contribution in [0.2, 0.25) is 0 Å². The summed E-state index contributed by atoms with van der Waals surface area (Å²) in [7, 11) is 0. The fraction of sp³-hybridized carbons (Fsp3) is 0.500. The lowest BCUT2D eigenvalue weighted by Gasteiger charge is -2.24. The number of ketones is 1. The van der Waals surface area contributed by atoms with Gasteiger partial charge in [0.25, 0.3) is 0 Å². The lowest BCUT2D eigenvalue weighted by molar-refractivity contribution is -0.121. The van der Waals surface area contributed by atoms with Gasteiger partial charge in [0, 0.05) is 17.9 Å². The number of hydrogen-bond acceptors (Lipinski definition) is 2. The van der Waals surface area contributed by atoms with Crippen molar-refractivity contribution in [2.24, 2.45) is 11.8 Å². The third-order valence-corrected chi connectivity index (χ3v) is 6.78. The molecule has 2 nitrogen and oxygen atoms in total. The SMILES string of the molecule is CCCC(C(=O)CC)C1=C(c2ccco2)C2=C(CC3=C2CCC3)C(C)C=C1C. The van der Waals surface area contributed by atoms with Crippen molar-refractivity contribution in [3.05, 3.63) is 63.7 Å². The topological polar surface area (TPSA) is 30.2 Å².